The molecule has 0 radical (unpaired) electrons. The molecule has 0 spiro atoms. The highest BCUT2D eigenvalue weighted by Crippen LogP contribution is 2.26. The first-order valence-electron chi connectivity index (χ1n) is 8.85. The third kappa shape index (κ3) is 3.90. The Morgan fingerprint density at radius 3 is 2.11 bits per heavy atom. The lowest BCUT2D eigenvalue weighted by Crippen LogP contribution is -2.50. The average molecular weight is 382 g/mol. The van der Waals surface area contributed by atoms with E-state index in [9.17, 15) is 14.4 Å². The first-order chi connectivity index (χ1) is 13.0. The largest absolute Gasteiger partial charge is 0.348 e. The lowest BCUT2D eigenvalue weighted by atomic mass is 10.1. The smallest absolute Gasteiger partial charge is 0.262 e. The zero-order valence-corrected chi connectivity index (χ0v) is 16.2. The molecule has 3 amide bonds. The van der Waals surface area contributed by atoms with Crippen LogP contribution in [0.5, 0.6) is 0 Å². The van der Waals surface area contributed by atoms with E-state index >= 15 is 0 Å². The molecule has 0 fully saturated rings. The zero-order valence-electron chi connectivity index (χ0n) is 15.3. The van der Waals surface area contributed by atoms with Gasteiger partial charge in [-0.3, -0.25) is 19.3 Å². The fourth-order valence-electron chi connectivity index (χ4n) is 3.23. The van der Waals surface area contributed by atoms with Crippen molar-refractivity contribution >= 4 is 29.5 Å². The van der Waals surface area contributed by atoms with Gasteiger partial charge in [-0.2, -0.15) is 11.8 Å². The van der Waals surface area contributed by atoms with E-state index in [0.717, 1.165) is 10.5 Å². The molecule has 140 valence electrons. The first kappa shape index (κ1) is 19.2. The maximum absolute atomic E-state index is 13.0. The Morgan fingerprint density at radius 1 is 1.00 bits per heavy atom. The Balaban J connectivity index is 1.83. The highest BCUT2D eigenvalue weighted by Gasteiger charge is 2.42. The van der Waals surface area contributed by atoms with Crippen molar-refractivity contribution in [3.63, 3.8) is 0 Å². The quantitative estimate of drug-likeness (QED) is 0.747. The van der Waals surface area contributed by atoms with Gasteiger partial charge in [-0.1, -0.05) is 42.5 Å². The molecule has 27 heavy (non-hydrogen) atoms. The van der Waals surface area contributed by atoms with E-state index in [0.29, 0.717) is 23.3 Å². The predicted octanol–water partition coefficient (Wildman–Crippen LogP) is 3.28. The van der Waals surface area contributed by atoms with E-state index in [1.54, 1.807) is 36.0 Å². The summed E-state index contributed by atoms with van der Waals surface area (Å²) in [6.45, 7) is 1.89. The Hall–Kier alpha value is -2.60. The fourth-order valence-corrected chi connectivity index (χ4v) is 3.69. The van der Waals surface area contributed by atoms with Gasteiger partial charge in [0.15, 0.2) is 0 Å². The molecular weight excluding hydrogens is 360 g/mol. The Morgan fingerprint density at radius 2 is 1.56 bits per heavy atom. The van der Waals surface area contributed by atoms with Gasteiger partial charge < -0.3 is 5.32 Å². The number of fused-ring (bicyclic) bond motifs is 1. The fraction of sp³-hybridized carbons (Fsp3) is 0.286. The summed E-state index contributed by atoms with van der Waals surface area (Å²) < 4.78 is 0. The second-order valence-corrected chi connectivity index (χ2v) is 7.45. The van der Waals surface area contributed by atoms with Crippen molar-refractivity contribution in [2.24, 2.45) is 0 Å². The molecule has 1 N–H and O–H groups in total. The van der Waals surface area contributed by atoms with Crippen LogP contribution in [0.3, 0.4) is 0 Å². The maximum atomic E-state index is 13.0. The number of nitrogens with zero attached hydrogens (tertiary/aromatic N) is 1. The summed E-state index contributed by atoms with van der Waals surface area (Å²) >= 11 is 1.58. The van der Waals surface area contributed by atoms with Crippen LogP contribution in [0.1, 0.15) is 45.7 Å². The van der Waals surface area contributed by atoms with E-state index in [2.05, 4.69) is 5.32 Å². The summed E-state index contributed by atoms with van der Waals surface area (Å²) in [5.74, 6) is -0.436. The minimum Gasteiger partial charge on any atom is -0.348 e. The summed E-state index contributed by atoms with van der Waals surface area (Å²) in [7, 11) is 0. The number of thioether (sulfide) groups is 1. The number of carbonyl (C=O) groups excluding carboxylic acids is 3. The van der Waals surface area contributed by atoms with Crippen molar-refractivity contribution in [1.82, 2.24) is 10.2 Å². The van der Waals surface area contributed by atoms with Gasteiger partial charge in [-0.15, -0.1) is 0 Å². The number of rotatable bonds is 7. The van der Waals surface area contributed by atoms with E-state index in [1.165, 1.54) is 0 Å². The lowest BCUT2D eigenvalue weighted by Gasteiger charge is -2.27. The number of benzene rings is 2. The number of hydrogen-bond acceptors (Lipinski definition) is 4. The van der Waals surface area contributed by atoms with Crippen LogP contribution in [0.25, 0.3) is 0 Å². The molecule has 2 atom stereocenters. The average Bonchev–Trinajstić information content (AvgIpc) is 2.94. The monoisotopic (exact) mass is 382 g/mol. The normalized spacial score (nSPS) is 15.4. The molecule has 6 heteroatoms. The zero-order chi connectivity index (χ0) is 19.4. The summed E-state index contributed by atoms with van der Waals surface area (Å²) in [6.07, 6.45) is 2.35. The molecule has 5 nitrogen and oxygen atoms in total. The van der Waals surface area contributed by atoms with Gasteiger partial charge in [-0.25, -0.2) is 0 Å². The second-order valence-electron chi connectivity index (χ2n) is 6.46. The van der Waals surface area contributed by atoms with Gasteiger partial charge in [0.2, 0.25) is 5.91 Å². The number of imide groups is 1. The van der Waals surface area contributed by atoms with Gasteiger partial charge in [0.1, 0.15) is 6.04 Å². The van der Waals surface area contributed by atoms with Gasteiger partial charge in [0.25, 0.3) is 11.8 Å². The lowest BCUT2D eigenvalue weighted by molar-refractivity contribution is -0.125. The van der Waals surface area contributed by atoms with Crippen molar-refractivity contribution in [2.75, 3.05) is 12.0 Å². The molecule has 1 aliphatic rings. The van der Waals surface area contributed by atoms with Crippen molar-refractivity contribution < 1.29 is 14.4 Å². The van der Waals surface area contributed by atoms with Crippen LogP contribution in [0, 0.1) is 0 Å². The summed E-state index contributed by atoms with van der Waals surface area (Å²) in [5, 5.41) is 2.96. The molecule has 1 aliphatic heterocycles. The molecule has 0 saturated heterocycles. The van der Waals surface area contributed by atoms with Crippen molar-refractivity contribution in [3.8, 4) is 0 Å². The van der Waals surface area contributed by atoms with Gasteiger partial charge in [0, 0.05) is 0 Å². The molecule has 2 unspecified atom stereocenters. The van der Waals surface area contributed by atoms with Crippen molar-refractivity contribution in [2.45, 2.75) is 25.4 Å². The van der Waals surface area contributed by atoms with Gasteiger partial charge in [0.05, 0.1) is 17.2 Å². The first-order valence-corrected chi connectivity index (χ1v) is 10.2. The van der Waals surface area contributed by atoms with Crippen LogP contribution < -0.4 is 5.32 Å². The van der Waals surface area contributed by atoms with Crippen LogP contribution in [0.15, 0.2) is 54.6 Å². The SMILES string of the molecule is CSCCC(C(=O)NC(C)c1ccccc1)N1C(=O)c2ccccc2C1=O. The summed E-state index contributed by atoms with van der Waals surface area (Å²) in [4.78, 5) is 39.7. The molecule has 0 saturated carbocycles. The summed E-state index contributed by atoms with van der Waals surface area (Å²) in [6, 6.07) is 15.3. The molecular formula is C21H22N2O3S. The molecule has 2 aromatic rings. The Bertz CT molecular complexity index is 819. The molecule has 0 bridgehead atoms. The predicted molar refractivity (Wildman–Crippen MR) is 107 cm³/mol. The van der Waals surface area contributed by atoms with Crippen LogP contribution in [0.4, 0.5) is 0 Å². The highest BCUT2D eigenvalue weighted by atomic mass is 32.2. The number of hydrogen-bond donors (Lipinski definition) is 1. The van der Waals surface area contributed by atoms with Crippen LogP contribution in [-0.2, 0) is 4.79 Å². The van der Waals surface area contributed by atoms with Crippen LogP contribution in [-0.4, -0.2) is 40.7 Å². The standard InChI is InChI=1S/C21H22N2O3S/c1-14(15-8-4-3-5-9-15)22-19(24)18(12-13-27-2)23-20(25)16-10-6-7-11-17(16)21(23)26/h3-11,14,18H,12-13H2,1-2H3,(H,22,24). The van der Waals surface area contributed by atoms with E-state index < -0.39 is 17.9 Å². The van der Waals surface area contributed by atoms with E-state index in [-0.39, 0.29) is 11.9 Å². The Labute approximate surface area is 163 Å². The molecule has 3 rings (SSSR count). The third-order valence-corrected chi connectivity index (χ3v) is 5.34. The number of amides is 3. The van der Waals surface area contributed by atoms with Gasteiger partial charge >= 0.3 is 0 Å². The number of carbonyl (C=O) groups is 3. The minimum atomic E-state index is -0.823. The van der Waals surface area contributed by atoms with Gasteiger partial charge in [-0.05, 0) is 43.0 Å². The van der Waals surface area contributed by atoms with E-state index in [4.69, 9.17) is 0 Å². The van der Waals surface area contributed by atoms with Crippen LogP contribution in [0.2, 0.25) is 0 Å². The second kappa shape index (κ2) is 8.39. The molecule has 2 aromatic carbocycles. The van der Waals surface area contributed by atoms with Crippen molar-refractivity contribution in [1.29, 1.82) is 0 Å². The summed E-state index contributed by atoms with van der Waals surface area (Å²) in [5.41, 5.74) is 1.69. The third-order valence-electron chi connectivity index (χ3n) is 4.69. The van der Waals surface area contributed by atoms with E-state index in [1.807, 2.05) is 43.5 Å². The highest BCUT2D eigenvalue weighted by molar-refractivity contribution is 7.98. The maximum Gasteiger partial charge on any atom is 0.262 e. The van der Waals surface area contributed by atoms with Crippen molar-refractivity contribution in [3.05, 3.63) is 71.3 Å². The molecule has 0 aromatic heterocycles. The minimum absolute atomic E-state index is 0.217. The molecule has 1 heterocycles. The Kier molecular flexibility index (Phi) is 5.96. The topological polar surface area (TPSA) is 66.5 Å². The number of nitrogens with one attached hydrogen (secondary N) is 1. The van der Waals surface area contributed by atoms with Crippen LogP contribution >= 0.6 is 11.8 Å². The molecule has 0 aliphatic carbocycles.